The molecule has 3 fully saturated rings. The number of rotatable bonds is 20. The first kappa shape index (κ1) is 54.2. The summed E-state index contributed by atoms with van der Waals surface area (Å²) in [4.78, 5) is 79.4. The van der Waals surface area contributed by atoms with E-state index in [0.29, 0.717) is 72.6 Å². The molecule has 1 atom stereocenters. The normalized spacial score (nSPS) is 18.2. The third-order valence-corrected chi connectivity index (χ3v) is 17.1. The molecule has 0 bridgehead atoms. The highest BCUT2D eigenvalue weighted by molar-refractivity contribution is 7.88. The fraction of sp³-hybridized carbons (Fsp3) is 0.472. The predicted octanol–water partition coefficient (Wildman–Crippen LogP) is 7.73. The average molecular weight is 1070 g/mol. The molecular formula is C53H64ClN7O11S2. The van der Waals surface area contributed by atoms with Crippen molar-refractivity contribution in [3.63, 3.8) is 0 Å². The van der Waals surface area contributed by atoms with Gasteiger partial charge in [-0.2, -0.15) is 0 Å². The molecule has 8 rings (SSSR count). The van der Waals surface area contributed by atoms with Crippen LogP contribution in [-0.4, -0.2) is 126 Å². The molecule has 5 N–H and O–H groups in total. The Balaban J connectivity index is 0.736. The third-order valence-electron chi connectivity index (χ3n) is 13.5. The zero-order chi connectivity index (χ0) is 52.7. The Labute approximate surface area is 440 Å². The molecule has 0 spiro atoms. The summed E-state index contributed by atoms with van der Waals surface area (Å²) in [5, 5.41) is 21.8. The number of esters is 1. The minimum atomic E-state index is -3.66. The second-order valence-corrected chi connectivity index (χ2v) is 23.7. The average Bonchev–Trinajstić information content (AvgIpc) is 3.86. The SMILES string of the molecule is CC(C)(C)OC(=O)c1sc(-c2cccc(NC3CCN(S(=O)(=O)Cc4cccc(NC(=O)CCCCCN5CCC(Nc6cccc7c6CN(C6CCC(=O)NC6=O)C7=O)CC5)c4)CC3)c2)c(Cl)c1OCC(=O)O. The largest absolute Gasteiger partial charge is 0.479 e. The number of ether oxygens (including phenoxy) is 2. The topological polar surface area (TPSA) is 233 Å². The molecule has 1 unspecified atom stereocenters. The summed E-state index contributed by atoms with van der Waals surface area (Å²) in [6, 6.07) is 19.6. The van der Waals surface area contributed by atoms with Crippen molar-refractivity contribution in [1.82, 2.24) is 19.4 Å². The first-order valence-electron chi connectivity index (χ1n) is 25.2. The first-order chi connectivity index (χ1) is 35.3. The Hall–Kier alpha value is -6.06. The molecule has 0 aliphatic carbocycles. The van der Waals surface area contributed by atoms with Crippen molar-refractivity contribution in [2.24, 2.45) is 0 Å². The van der Waals surface area contributed by atoms with E-state index in [0.717, 1.165) is 80.0 Å². The van der Waals surface area contributed by atoms with Crippen LogP contribution < -0.4 is 26.0 Å². The summed E-state index contributed by atoms with van der Waals surface area (Å²) in [5.74, 6) is -3.18. The van der Waals surface area contributed by atoms with Crippen LogP contribution in [0.5, 0.6) is 5.75 Å². The summed E-state index contributed by atoms with van der Waals surface area (Å²) in [5.41, 5.74) is 4.16. The summed E-state index contributed by atoms with van der Waals surface area (Å²) in [6.45, 7) is 8.25. The molecule has 3 saturated heterocycles. The Morgan fingerprint density at radius 2 is 1.57 bits per heavy atom. The lowest BCUT2D eigenvalue weighted by Crippen LogP contribution is -2.52. The minimum Gasteiger partial charge on any atom is -0.479 e. The van der Waals surface area contributed by atoms with Crippen LogP contribution in [0, 0.1) is 0 Å². The van der Waals surface area contributed by atoms with Crippen molar-refractivity contribution in [3.05, 3.63) is 93.3 Å². The Morgan fingerprint density at radius 3 is 2.30 bits per heavy atom. The molecule has 18 nitrogen and oxygen atoms in total. The second kappa shape index (κ2) is 23.6. The van der Waals surface area contributed by atoms with Crippen molar-refractivity contribution in [3.8, 4) is 16.2 Å². The number of aliphatic carboxylic acids is 1. The number of carboxylic acids is 1. The number of halogens is 1. The molecule has 4 aliphatic heterocycles. The maximum absolute atomic E-state index is 13.6. The van der Waals surface area contributed by atoms with Crippen molar-refractivity contribution in [2.45, 2.75) is 121 Å². The number of hydrogen-bond acceptors (Lipinski definition) is 14. The molecule has 4 aromatic rings. The van der Waals surface area contributed by atoms with E-state index >= 15 is 0 Å². The van der Waals surface area contributed by atoms with E-state index in [1.165, 1.54) is 4.31 Å². The predicted molar refractivity (Wildman–Crippen MR) is 283 cm³/mol. The van der Waals surface area contributed by atoms with Gasteiger partial charge in [-0.25, -0.2) is 22.3 Å². The first-order valence-corrected chi connectivity index (χ1v) is 28.0. The van der Waals surface area contributed by atoms with E-state index in [9.17, 15) is 42.3 Å². The second-order valence-electron chi connectivity index (χ2n) is 20.3. The van der Waals surface area contributed by atoms with Crippen molar-refractivity contribution in [1.29, 1.82) is 0 Å². The fourth-order valence-corrected chi connectivity index (χ4v) is 12.9. The van der Waals surface area contributed by atoms with Crippen molar-refractivity contribution in [2.75, 3.05) is 55.3 Å². The number of piperidine rings is 3. The van der Waals surface area contributed by atoms with Crippen LogP contribution >= 0.6 is 22.9 Å². The molecule has 0 radical (unpaired) electrons. The highest BCUT2D eigenvalue weighted by Crippen LogP contribution is 2.47. The van der Waals surface area contributed by atoms with Gasteiger partial charge in [0.15, 0.2) is 17.2 Å². The fourth-order valence-electron chi connectivity index (χ4n) is 9.87. The number of nitrogens with zero attached hydrogens (tertiary/aromatic N) is 3. The van der Waals surface area contributed by atoms with Gasteiger partial charge < -0.3 is 40.3 Å². The van der Waals surface area contributed by atoms with E-state index in [-0.39, 0.29) is 57.6 Å². The lowest BCUT2D eigenvalue weighted by atomic mass is 10.0. The number of likely N-dealkylation sites (tertiary alicyclic amines) is 1. The zero-order valence-electron chi connectivity index (χ0n) is 41.9. The van der Waals surface area contributed by atoms with Gasteiger partial charge in [-0.1, -0.05) is 48.4 Å². The van der Waals surface area contributed by atoms with Gasteiger partial charge >= 0.3 is 11.9 Å². The molecule has 0 saturated carbocycles. The smallest absolute Gasteiger partial charge is 0.352 e. The molecule has 3 aromatic carbocycles. The number of hydrogen-bond donors (Lipinski definition) is 5. The quantitative estimate of drug-likeness (QED) is 0.0324. The van der Waals surface area contributed by atoms with Crippen LogP contribution in [0.25, 0.3) is 10.4 Å². The Morgan fingerprint density at radius 1 is 0.865 bits per heavy atom. The van der Waals surface area contributed by atoms with Gasteiger partial charge in [0.05, 0.1) is 10.6 Å². The lowest BCUT2D eigenvalue weighted by molar-refractivity contribution is -0.139. The van der Waals surface area contributed by atoms with Gasteiger partial charge in [-0.15, -0.1) is 11.3 Å². The molecule has 1 aromatic heterocycles. The number of nitrogens with one attached hydrogen (secondary N) is 4. The molecule has 21 heteroatoms. The number of imide groups is 1. The van der Waals surface area contributed by atoms with Crippen molar-refractivity contribution >= 4 is 85.6 Å². The van der Waals surface area contributed by atoms with Gasteiger partial charge in [0, 0.05) is 85.8 Å². The maximum atomic E-state index is 13.6. The van der Waals surface area contributed by atoms with E-state index in [1.54, 1.807) is 56.0 Å². The number of carboxylic acid groups (broad SMARTS) is 1. The monoisotopic (exact) mass is 1070 g/mol. The number of carbonyl (C=O) groups excluding carboxylic acids is 5. The molecule has 74 heavy (non-hydrogen) atoms. The Kier molecular flexibility index (Phi) is 17.3. The van der Waals surface area contributed by atoms with Crippen molar-refractivity contribution < 1.29 is 51.8 Å². The van der Waals surface area contributed by atoms with Crippen LogP contribution in [0.2, 0.25) is 5.02 Å². The van der Waals surface area contributed by atoms with E-state index in [2.05, 4.69) is 26.2 Å². The summed E-state index contributed by atoms with van der Waals surface area (Å²) < 4.78 is 39.8. The van der Waals surface area contributed by atoms with Gasteiger partial charge in [0.25, 0.3) is 5.91 Å². The highest BCUT2D eigenvalue weighted by atomic mass is 35.5. The van der Waals surface area contributed by atoms with Crippen LogP contribution in [-0.2, 0) is 46.2 Å². The number of unbranched alkanes of at least 4 members (excludes halogenated alkanes) is 2. The number of thiophene rings is 1. The molecule has 4 aliphatic rings. The van der Waals surface area contributed by atoms with Gasteiger partial charge in [-0.05, 0) is 120 Å². The summed E-state index contributed by atoms with van der Waals surface area (Å²) >= 11 is 7.76. The van der Waals surface area contributed by atoms with E-state index < -0.39 is 46.1 Å². The van der Waals surface area contributed by atoms with E-state index in [1.807, 2.05) is 36.4 Å². The standard InChI is InChI=1S/C53H64ClN7O11S2/c1-53(2,3)72-52(68)49-47(71-31-45(64)65)46(54)48(73-49)34-11-8-13-38(29-34)55-35-21-26-60(27-22-35)74(69,70)32-33-10-7-12-37(28-33)57-43(62)16-5-4-6-23-59-24-19-36(20-25-59)56-41-15-9-14-39-40(41)30-61(51(39)67)42-17-18-44(63)58-50(42)66/h7-15,28-29,35-36,42,55-56H,4-6,16-27,30-32H2,1-3H3,(H,57,62)(H,64,65)(H,58,63,66). The molecule has 5 heterocycles. The molecular weight excluding hydrogens is 1010 g/mol. The number of amides is 4. The van der Waals surface area contributed by atoms with Gasteiger partial charge in [-0.3, -0.25) is 24.5 Å². The van der Waals surface area contributed by atoms with Crippen LogP contribution in [0.15, 0.2) is 66.7 Å². The van der Waals surface area contributed by atoms with Crippen LogP contribution in [0.4, 0.5) is 17.1 Å². The summed E-state index contributed by atoms with van der Waals surface area (Å²) in [7, 11) is -3.66. The molecule has 396 valence electrons. The maximum Gasteiger partial charge on any atom is 0.352 e. The number of anilines is 3. The minimum absolute atomic E-state index is 0.0244. The van der Waals surface area contributed by atoms with Crippen LogP contribution in [0.1, 0.15) is 116 Å². The number of carbonyl (C=O) groups is 6. The number of fused-ring (bicyclic) bond motifs is 1. The highest BCUT2D eigenvalue weighted by Gasteiger charge is 2.40. The van der Waals surface area contributed by atoms with Gasteiger partial charge in [0.1, 0.15) is 16.7 Å². The Bertz CT molecular complexity index is 2870. The van der Waals surface area contributed by atoms with Gasteiger partial charge in [0.2, 0.25) is 27.7 Å². The number of sulfonamides is 1. The van der Waals surface area contributed by atoms with E-state index in [4.69, 9.17) is 21.1 Å². The van der Waals surface area contributed by atoms with Crippen LogP contribution in [0.3, 0.4) is 0 Å². The third kappa shape index (κ3) is 13.8. The molecule has 4 amide bonds. The number of benzene rings is 3. The lowest BCUT2D eigenvalue weighted by Gasteiger charge is -2.33. The zero-order valence-corrected chi connectivity index (χ0v) is 44.3. The summed E-state index contributed by atoms with van der Waals surface area (Å²) in [6.07, 6.45) is 6.49.